The second-order valence-electron chi connectivity index (χ2n) is 5.99. The van der Waals surface area contributed by atoms with Crippen molar-refractivity contribution in [3.63, 3.8) is 0 Å². The second kappa shape index (κ2) is 6.62. The molecule has 0 saturated carbocycles. The van der Waals surface area contributed by atoms with Crippen LogP contribution in [0.2, 0.25) is 0 Å². The zero-order chi connectivity index (χ0) is 16.4. The molecule has 0 amide bonds. The summed E-state index contributed by atoms with van der Waals surface area (Å²) >= 11 is -3.88. The maximum absolute atomic E-state index is 12.2. The van der Waals surface area contributed by atoms with E-state index in [9.17, 15) is 9.59 Å². The van der Waals surface area contributed by atoms with Gasteiger partial charge >= 0.3 is 141 Å². The van der Waals surface area contributed by atoms with Crippen molar-refractivity contribution < 1.29 is 33.6 Å². The first-order valence-electron chi connectivity index (χ1n) is 8.32. The first-order valence-corrected chi connectivity index (χ1v) is 11.2. The van der Waals surface area contributed by atoms with E-state index < -0.39 is 17.4 Å². The molecule has 2 aliphatic carbocycles. The number of carbonyl (C=O) groups is 2. The van der Waals surface area contributed by atoms with Gasteiger partial charge in [-0.1, -0.05) is 0 Å². The Balaban J connectivity index is 2.13. The van der Waals surface area contributed by atoms with Gasteiger partial charge in [-0.05, 0) is 0 Å². The van der Waals surface area contributed by atoms with E-state index in [4.69, 9.17) is 6.64 Å². The first-order chi connectivity index (χ1) is 11.1. The van der Waals surface area contributed by atoms with Gasteiger partial charge in [-0.2, -0.15) is 0 Å². The molecule has 0 aromatic rings. The molecular weight excluding hydrogens is 328 g/mol. The normalized spacial score (nSPS) is 21.1. The Bertz CT molecular complexity index is 609. The van der Waals surface area contributed by atoms with Crippen molar-refractivity contribution in [1.82, 2.24) is 0 Å². The van der Waals surface area contributed by atoms with E-state index in [1.54, 1.807) is 13.8 Å². The molecule has 3 rings (SSSR count). The number of hydrogen-bond donors (Lipinski definition) is 0. The Hall–Kier alpha value is -1.39. The van der Waals surface area contributed by atoms with Crippen molar-refractivity contribution in [2.24, 2.45) is 0 Å². The van der Waals surface area contributed by atoms with Crippen molar-refractivity contribution >= 4 is 11.9 Å². The van der Waals surface area contributed by atoms with Gasteiger partial charge < -0.3 is 0 Å². The molecule has 0 atom stereocenters. The second-order valence-corrected chi connectivity index (χ2v) is 10.4. The van der Waals surface area contributed by atoms with Gasteiger partial charge in [0.05, 0.1) is 0 Å². The van der Waals surface area contributed by atoms with Gasteiger partial charge in [-0.25, -0.2) is 0 Å². The van der Waals surface area contributed by atoms with E-state index in [0.29, 0.717) is 12.8 Å². The van der Waals surface area contributed by atoms with Crippen LogP contribution in [0.15, 0.2) is 43.2 Å². The molecule has 0 unspecified atom stereocenters. The number of allylic oxidation sites excluding steroid dienone is 8. The Morgan fingerprint density at radius 1 is 0.913 bits per heavy atom. The van der Waals surface area contributed by atoms with Crippen LogP contribution in [0.3, 0.4) is 0 Å². The van der Waals surface area contributed by atoms with E-state index in [2.05, 4.69) is 24.3 Å². The average molecular weight is 350 g/mol. The van der Waals surface area contributed by atoms with Crippen molar-refractivity contribution in [1.29, 1.82) is 0 Å². The summed E-state index contributed by atoms with van der Waals surface area (Å²) in [5.41, 5.74) is 2.42. The Morgan fingerprint density at radius 2 is 1.35 bits per heavy atom. The van der Waals surface area contributed by atoms with Crippen LogP contribution in [0.1, 0.15) is 52.4 Å². The fourth-order valence-electron chi connectivity index (χ4n) is 3.45. The number of rotatable bonds is 4. The Labute approximate surface area is 141 Å². The summed E-state index contributed by atoms with van der Waals surface area (Å²) in [5, 5.41) is 0. The fraction of sp³-hybridized carbons (Fsp3) is 0.444. The molecule has 23 heavy (non-hydrogen) atoms. The van der Waals surface area contributed by atoms with E-state index in [1.807, 2.05) is 0 Å². The third-order valence-corrected chi connectivity index (χ3v) is 10.3. The maximum atomic E-state index is 12.2. The summed E-state index contributed by atoms with van der Waals surface area (Å²) in [6.07, 6.45) is 12.3. The van der Waals surface area contributed by atoms with Gasteiger partial charge in [-0.3, -0.25) is 0 Å². The van der Waals surface area contributed by atoms with E-state index in [1.165, 1.54) is 11.1 Å². The third-order valence-electron chi connectivity index (χ3n) is 4.61. The summed E-state index contributed by atoms with van der Waals surface area (Å²) in [6.45, 7) is 3.56. The zero-order valence-corrected chi connectivity index (χ0v) is 15.2. The molecule has 122 valence electrons. The molecule has 0 spiro atoms. The summed E-state index contributed by atoms with van der Waals surface area (Å²) in [6, 6.07) is 0. The van der Waals surface area contributed by atoms with E-state index in [-0.39, 0.29) is 11.9 Å². The minimum atomic E-state index is -3.88. The molecule has 0 saturated heterocycles. The van der Waals surface area contributed by atoms with Crippen LogP contribution in [-0.2, 0) is 33.6 Å². The fourth-order valence-corrected chi connectivity index (χ4v) is 9.48. The molecule has 1 aliphatic heterocycles. The predicted octanol–water partition coefficient (Wildman–Crippen LogP) is 4.10. The molecule has 4 nitrogen and oxygen atoms in total. The van der Waals surface area contributed by atoms with Crippen LogP contribution in [0, 0.1) is 0 Å². The van der Waals surface area contributed by atoms with E-state index >= 15 is 0 Å². The van der Waals surface area contributed by atoms with Gasteiger partial charge in [0.15, 0.2) is 0 Å². The first kappa shape index (κ1) is 16.5. The molecule has 0 radical (unpaired) electrons. The molecule has 1 heterocycles. The van der Waals surface area contributed by atoms with Crippen LogP contribution < -0.4 is 0 Å². The van der Waals surface area contributed by atoms with Gasteiger partial charge in [0, 0.05) is 0 Å². The number of carbonyl (C=O) groups excluding carboxylic acids is 2. The van der Waals surface area contributed by atoms with Crippen LogP contribution in [0.5, 0.6) is 0 Å². The predicted molar refractivity (Wildman–Crippen MR) is 83.6 cm³/mol. The monoisotopic (exact) mass is 350 g/mol. The van der Waals surface area contributed by atoms with Crippen molar-refractivity contribution in [2.75, 3.05) is 0 Å². The molecule has 0 fully saturated rings. The van der Waals surface area contributed by atoms with Gasteiger partial charge in [0.2, 0.25) is 0 Å². The van der Waals surface area contributed by atoms with Crippen molar-refractivity contribution in [3.8, 4) is 0 Å². The van der Waals surface area contributed by atoms with Crippen LogP contribution in [0.4, 0.5) is 0 Å². The molecule has 5 heteroatoms. The minimum absolute atomic E-state index is 0.270. The zero-order valence-electron chi connectivity index (χ0n) is 13.7. The molecule has 0 N–H and O–H groups in total. The molecule has 0 bridgehead atoms. The third kappa shape index (κ3) is 2.90. The Kier molecular flexibility index (Phi) is 4.74. The molecule has 0 aromatic carbocycles. The van der Waals surface area contributed by atoms with Crippen LogP contribution in [-0.4, -0.2) is 11.9 Å². The Morgan fingerprint density at radius 3 is 1.74 bits per heavy atom. The molecular formula is C18H22O4Ti. The van der Waals surface area contributed by atoms with Gasteiger partial charge in [0.25, 0.3) is 0 Å². The standard InChI is InChI=1S/C12H12.2C3H6O2.Ti/c1-2-6-11(5-1)9-10-12-7-3-4-8-12;2*1-2-3(4)5;/h1,3,5,7H,2,4,9-10H2;2*2H2,1H3,(H,4,5);/q;;;+2/p-2. The average Bonchev–Trinajstić information content (AvgIpc) is 3.19. The topological polar surface area (TPSA) is 52.6 Å². The van der Waals surface area contributed by atoms with Crippen molar-refractivity contribution in [2.45, 2.75) is 52.4 Å². The summed E-state index contributed by atoms with van der Waals surface area (Å²) in [7, 11) is 0. The number of hydrogen-bond acceptors (Lipinski definition) is 4. The summed E-state index contributed by atoms with van der Waals surface area (Å²) in [5.74, 6) is -0.540. The van der Waals surface area contributed by atoms with Crippen LogP contribution >= 0.6 is 0 Å². The quantitative estimate of drug-likeness (QED) is 0.717. The van der Waals surface area contributed by atoms with Gasteiger partial charge in [0.1, 0.15) is 0 Å². The van der Waals surface area contributed by atoms with Gasteiger partial charge in [-0.15, -0.1) is 0 Å². The molecule has 3 aliphatic rings. The summed E-state index contributed by atoms with van der Waals surface area (Å²) in [4.78, 5) is 24.4. The SMILES string of the molecule is CCC(=O)[O][Ti]1([O]C(=O)CC)[C]2=C(C=CC2)CCC2=[C]1CC=C2. The van der Waals surface area contributed by atoms with Crippen molar-refractivity contribution in [3.05, 3.63) is 43.2 Å². The van der Waals surface area contributed by atoms with E-state index in [0.717, 1.165) is 33.4 Å². The van der Waals surface area contributed by atoms with Crippen LogP contribution in [0.25, 0.3) is 0 Å². The molecule has 0 aromatic heterocycles. The summed E-state index contributed by atoms with van der Waals surface area (Å²) < 4.78 is 14.2.